The number of hydrogen-bond acceptors (Lipinski definition) is 4. The van der Waals surface area contributed by atoms with E-state index in [1.807, 2.05) is 32.2 Å². The zero-order valence-electron chi connectivity index (χ0n) is 14.1. The van der Waals surface area contributed by atoms with Crippen molar-refractivity contribution < 1.29 is 14.3 Å². The maximum absolute atomic E-state index is 12.8. The van der Waals surface area contributed by atoms with Crippen molar-refractivity contribution in [1.82, 2.24) is 9.38 Å². The van der Waals surface area contributed by atoms with Crippen LogP contribution < -0.4 is 14.8 Å². The number of nitrogens with one attached hydrogen (secondary N) is 1. The number of imidazole rings is 1. The van der Waals surface area contributed by atoms with Crippen molar-refractivity contribution in [2.45, 2.75) is 13.8 Å². The summed E-state index contributed by atoms with van der Waals surface area (Å²) in [5, 5.41) is 2.89. The lowest BCUT2D eigenvalue weighted by Gasteiger charge is -2.12. The Kier molecular flexibility index (Phi) is 4.12. The highest BCUT2D eigenvalue weighted by molar-refractivity contribution is 6.05. The molecule has 0 unspecified atom stereocenters. The number of anilines is 1. The predicted octanol–water partition coefficient (Wildman–Crippen LogP) is 3.22. The summed E-state index contributed by atoms with van der Waals surface area (Å²) in [5.41, 5.74) is 3.50. The monoisotopic (exact) mass is 325 g/mol. The Morgan fingerprint density at radius 1 is 1.12 bits per heavy atom. The number of benzene rings is 1. The van der Waals surface area contributed by atoms with Crippen molar-refractivity contribution in [3.63, 3.8) is 0 Å². The number of rotatable bonds is 4. The predicted molar refractivity (Wildman–Crippen MR) is 92.2 cm³/mol. The van der Waals surface area contributed by atoms with E-state index in [0.717, 1.165) is 11.2 Å². The highest BCUT2D eigenvalue weighted by Gasteiger charge is 2.18. The molecule has 24 heavy (non-hydrogen) atoms. The zero-order chi connectivity index (χ0) is 17.3. The lowest BCUT2D eigenvalue weighted by molar-refractivity contribution is 0.102. The summed E-state index contributed by atoms with van der Waals surface area (Å²) in [4.78, 5) is 17.3. The van der Waals surface area contributed by atoms with Gasteiger partial charge in [-0.25, -0.2) is 4.98 Å². The number of carbonyl (C=O) groups is 1. The van der Waals surface area contributed by atoms with Crippen molar-refractivity contribution in [2.75, 3.05) is 19.5 Å². The molecule has 2 heterocycles. The van der Waals surface area contributed by atoms with Gasteiger partial charge >= 0.3 is 0 Å². The molecule has 0 atom stereocenters. The standard InChI is InChI=1S/C18H19N3O3/c1-11-5-8-16-19-12(2)17(21(16)10-11)18(22)20-14-9-13(23-3)6-7-15(14)24-4/h5-10H,1-4H3,(H,20,22). The molecule has 6 nitrogen and oxygen atoms in total. The average molecular weight is 325 g/mol. The number of ether oxygens (including phenoxy) is 2. The van der Waals surface area contributed by atoms with Gasteiger partial charge in [0.25, 0.3) is 5.91 Å². The number of carbonyl (C=O) groups excluding carboxylic acids is 1. The van der Waals surface area contributed by atoms with E-state index in [4.69, 9.17) is 9.47 Å². The summed E-state index contributed by atoms with van der Waals surface area (Å²) in [6.07, 6.45) is 1.90. The van der Waals surface area contributed by atoms with Gasteiger partial charge in [-0.15, -0.1) is 0 Å². The average Bonchev–Trinajstić information content (AvgIpc) is 2.89. The van der Waals surface area contributed by atoms with Gasteiger partial charge in [0.15, 0.2) is 0 Å². The summed E-state index contributed by atoms with van der Waals surface area (Å²) < 4.78 is 12.3. The SMILES string of the molecule is COc1ccc(OC)c(NC(=O)c2c(C)nc3ccc(C)cn23)c1. The molecule has 0 fully saturated rings. The van der Waals surface area contributed by atoms with Gasteiger partial charge in [0.2, 0.25) is 0 Å². The lowest BCUT2D eigenvalue weighted by atomic mass is 10.2. The summed E-state index contributed by atoms with van der Waals surface area (Å²) in [6.45, 7) is 3.79. The Labute approximate surface area is 140 Å². The fraction of sp³-hybridized carbons (Fsp3) is 0.222. The summed E-state index contributed by atoms with van der Waals surface area (Å²) >= 11 is 0. The third-order valence-corrected chi connectivity index (χ3v) is 3.81. The first-order valence-electron chi connectivity index (χ1n) is 7.52. The molecule has 0 bridgehead atoms. The third-order valence-electron chi connectivity index (χ3n) is 3.81. The molecule has 2 aromatic heterocycles. The van der Waals surface area contributed by atoms with Crippen LogP contribution in [-0.4, -0.2) is 29.5 Å². The zero-order valence-corrected chi connectivity index (χ0v) is 14.1. The van der Waals surface area contributed by atoms with Crippen LogP contribution in [0.15, 0.2) is 36.5 Å². The number of nitrogens with zero attached hydrogens (tertiary/aromatic N) is 2. The fourth-order valence-corrected chi connectivity index (χ4v) is 2.64. The van der Waals surface area contributed by atoms with Crippen molar-refractivity contribution >= 4 is 17.2 Å². The van der Waals surface area contributed by atoms with Gasteiger partial charge in [-0.2, -0.15) is 0 Å². The number of pyridine rings is 1. The molecule has 124 valence electrons. The van der Waals surface area contributed by atoms with Crippen molar-refractivity contribution in [3.05, 3.63) is 53.5 Å². The summed E-state index contributed by atoms with van der Waals surface area (Å²) in [6, 6.07) is 9.11. The van der Waals surface area contributed by atoms with Gasteiger partial charge in [0, 0.05) is 12.3 Å². The molecule has 6 heteroatoms. The topological polar surface area (TPSA) is 64.9 Å². The van der Waals surface area contributed by atoms with Crippen LogP contribution in [-0.2, 0) is 0 Å². The van der Waals surface area contributed by atoms with Gasteiger partial charge in [-0.1, -0.05) is 6.07 Å². The van der Waals surface area contributed by atoms with E-state index in [2.05, 4.69) is 10.3 Å². The molecular formula is C18H19N3O3. The molecule has 0 aliphatic carbocycles. The lowest BCUT2D eigenvalue weighted by Crippen LogP contribution is -2.16. The number of amides is 1. The van der Waals surface area contributed by atoms with E-state index in [1.165, 1.54) is 0 Å². The van der Waals surface area contributed by atoms with Gasteiger partial charge in [0.05, 0.1) is 25.6 Å². The Hall–Kier alpha value is -3.02. The Balaban J connectivity index is 2.02. The second-order valence-corrected chi connectivity index (χ2v) is 5.50. The maximum Gasteiger partial charge on any atom is 0.274 e. The molecular weight excluding hydrogens is 306 g/mol. The molecule has 1 amide bonds. The first-order chi connectivity index (χ1) is 11.5. The third kappa shape index (κ3) is 2.78. The van der Waals surface area contributed by atoms with Gasteiger partial charge < -0.3 is 14.8 Å². The van der Waals surface area contributed by atoms with Crippen molar-refractivity contribution in [3.8, 4) is 11.5 Å². The van der Waals surface area contributed by atoms with Gasteiger partial charge in [-0.3, -0.25) is 9.20 Å². The second-order valence-electron chi connectivity index (χ2n) is 5.50. The number of fused-ring (bicyclic) bond motifs is 1. The van der Waals surface area contributed by atoms with E-state index < -0.39 is 0 Å². The van der Waals surface area contributed by atoms with Crippen LogP contribution in [0.1, 0.15) is 21.7 Å². The van der Waals surface area contributed by atoms with Crippen LogP contribution in [0, 0.1) is 13.8 Å². The van der Waals surface area contributed by atoms with Crippen LogP contribution in [0.3, 0.4) is 0 Å². The molecule has 0 aliphatic heterocycles. The molecule has 3 aromatic rings. The maximum atomic E-state index is 12.8. The molecule has 1 N–H and O–H groups in total. The van der Waals surface area contributed by atoms with Crippen LogP contribution >= 0.6 is 0 Å². The smallest absolute Gasteiger partial charge is 0.274 e. The minimum absolute atomic E-state index is 0.253. The first kappa shape index (κ1) is 15.9. The quantitative estimate of drug-likeness (QED) is 0.800. The molecule has 0 aliphatic rings. The van der Waals surface area contributed by atoms with Crippen molar-refractivity contribution in [1.29, 1.82) is 0 Å². The number of aromatic nitrogens is 2. The van der Waals surface area contributed by atoms with Crippen LogP contribution in [0.4, 0.5) is 5.69 Å². The van der Waals surface area contributed by atoms with Crippen LogP contribution in [0.2, 0.25) is 0 Å². The van der Waals surface area contributed by atoms with E-state index >= 15 is 0 Å². The summed E-state index contributed by atoms with van der Waals surface area (Å²) in [5.74, 6) is 0.945. The Morgan fingerprint density at radius 2 is 1.92 bits per heavy atom. The normalized spacial score (nSPS) is 10.7. The highest BCUT2D eigenvalue weighted by atomic mass is 16.5. The van der Waals surface area contributed by atoms with E-state index in [1.54, 1.807) is 36.8 Å². The van der Waals surface area contributed by atoms with Crippen molar-refractivity contribution in [2.24, 2.45) is 0 Å². The fourth-order valence-electron chi connectivity index (χ4n) is 2.64. The molecule has 3 rings (SSSR count). The largest absolute Gasteiger partial charge is 0.497 e. The summed E-state index contributed by atoms with van der Waals surface area (Å²) in [7, 11) is 3.13. The van der Waals surface area contributed by atoms with E-state index in [9.17, 15) is 4.79 Å². The molecule has 0 saturated carbocycles. The number of hydrogen-bond donors (Lipinski definition) is 1. The number of aryl methyl sites for hydroxylation is 2. The molecule has 0 saturated heterocycles. The van der Waals surface area contributed by atoms with Gasteiger partial charge in [0.1, 0.15) is 22.8 Å². The highest BCUT2D eigenvalue weighted by Crippen LogP contribution is 2.29. The van der Waals surface area contributed by atoms with E-state index in [-0.39, 0.29) is 5.91 Å². The molecule has 0 spiro atoms. The number of methoxy groups -OCH3 is 2. The van der Waals surface area contributed by atoms with Crippen LogP contribution in [0.5, 0.6) is 11.5 Å². The molecule has 1 aromatic carbocycles. The Morgan fingerprint density at radius 3 is 2.62 bits per heavy atom. The first-order valence-corrected chi connectivity index (χ1v) is 7.52. The Bertz CT molecular complexity index is 915. The second kappa shape index (κ2) is 6.23. The van der Waals surface area contributed by atoms with E-state index in [0.29, 0.717) is 28.6 Å². The van der Waals surface area contributed by atoms with Crippen LogP contribution in [0.25, 0.3) is 5.65 Å². The minimum Gasteiger partial charge on any atom is -0.497 e. The van der Waals surface area contributed by atoms with Gasteiger partial charge in [-0.05, 0) is 37.6 Å². The minimum atomic E-state index is -0.253. The molecule has 0 radical (unpaired) electrons.